The van der Waals surface area contributed by atoms with Crippen LogP contribution in [0.15, 0.2) is 87.8 Å². The lowest BCUT2D eigenvalue weighted by Crippen LogP contribution is -2.14. The van der Waals surface area contributed by atoms with E-state index in [4.69, 9.17) is 9.05 Å². The Balaban J connectivity index is 1.97. The van der Waals surface area contributed by atoms with Gasteiger partial charge in [-0.2, -0.15) is 0 Å². The molecule has 0 bridgehead atoms. The largest absolute Gasteiger partial charge is 0.462 e. The lowest BCUT2D eigenvalue weighted by atomic mass is 10.3. The number of rotatable bonds is 5. The first-order valence-corrected chi connectivity index (χ1v) is 10.2. The molecule has 3 aromatic carbocycles. The first kappa shape index (κ1) is 17.3. The van der Waals surface area contributed by atoms with Crippen LogP contribution in [0.5, 0.6) is 11.5 Å². The lowest BCUT2D eigenvalue weighted by molar-refractivity contribution is 0.399. The Morgan fingerprint density at radius 2 is 1.08 bits per heavy atom. The van der Waals surface area contributed by atoms with E-state index in [1.165, 1.54) is 0 Å². The molecule has 0 radical (unpaired) electrons. The second-order valence-corrected chi connectivity index (χ2v) is 8.63. The van der Waals surface area contributed by atoms with Crippen LogP contribution in [0, 0.1) is 0 Å². The minimum atomic E-state index is -3.59. The number of hydrogen-bond donors (Lipinski definition) is 0. The fourth-order valence-electron chi connectivity index (χ4n) is 2.00. The van der Waals surface area contributed by atoms with Crippen LogP contribution in [0.3, 0.4) is 0 Å². The maximum absolute atomic E-state index is 13.5. The molecule has 1 unspecified atom stereocenters. The van der Waals surface area contributed by atoms with Gasteiger partial charge >= 0.3 is 7.60 Å². The number of para-hydroxylation sites is 1. The van der Waals surface area contributed by atoms with Crippen molar-refractivity contribution in [2.75, 3.05) is 0 Å². The van der Waals surface area contributed by atoms with Crippen LogP contribution in [-0.4, -0.2) is 0 Å². The molecule has 3 aromatic rings. The predicted octanol–water partition coefficient (Wildman–Crippen LogP) is 6.19. The zero-order valence-corrected chi connectivity index (χ0v) is 16.5. The third kappa shape index (κ3) is 4.29. The average molecular weight is 468 g/mol. The molecule has 122 valence electrons. The lowest BCUT2D eigenvalue weighted by Gasteiger charge is -2.20. The summed E-state index contributed by atoms with van der Waals surface area (Å²) in [7, 11) is -3.59. The van der Waals surface area contributed by atoms with E-state index in [0.717, 1.165) is 8.95 Å². The molecule has 0 N–H and O–H groups in total. The van der Waals surface area contributed by atoms with Gasteiger partial charge in [0.25, 0.3) is 0 Å². The third-order valence-corrected chi connectivity index (χ3v) is 6.04. The number of halogens is 2. The molecule has 0 saturated carbocycles. The molecule has 3 rings (SSSR count). The first-order chi connectivity index (χ1) is 11.5. The second-order valence-electron chi connectivity index (χ2n) is 4.92. The van der Waals surface area contributed by atoms with Crippen LogP contribution in [0.4, 0.5) is 0 Å². The SMILES string of the molecule is O=P(Oc1ccccc1)(Oc1ccc(Br)cc1)c1ccc(Br)cc1. The van der Waals surface area contributed by atoms with Crippen LogP contribution >= 0.6 is 39.5 Å². The van der Waals surface area contributed by atoms with E-state index in [2.05, 4.69) is 31.9 Å². The van der Waals surface area contributed by atoms with Crippen molar-refractivity contribution in [2.45, 2.75) is 0 Å². The van der Waals surface area contributed by atoms with E-state index in [9.17, 15) is 4.57 Å². The fourth-order valence-corrected chi connectivity index (χ4v) is 4.09. The van der Waals surface area contributed by atoms with E-state index in [-0.39, 0.29) is 0 Å². The van der Waals surface area contributed by atoms with Gasteiger partial charge in [0.2, 0.25) is 0 Å². The van der Waals surface area contributed by atoms with Gasteiger partial charge in [-0.15, -0.1) is 0 Å². The van der Waals surface area contributed by atoms with Crippen LogP contribution < -0.4 is 14.4 Å². The van der Waals surface area contributed by atoms with Gasteiger partial charge in [0.1, 0.15) is 11.5 Å². The molecule has 0 aromatic heterocycles. The fraction of sp³-hybridized carbons (Fsp3) is 0. The number of benzene rings is 3. The highest BCUT2D eigenvalue weighted by Crippen LogP contribution is 2.47. The summed E-state index contributed by atoms with van der Waals surface area (Å²) in [4.78, 5) is 0. The average Bonchev–Trinajstić information content (AvgIpc) is 2.58. The van der Waals surface area contributed by atoms with Crippen LogP contribution in [-0.2, 0) is 4.57 Å². The summed E-state index contributed by atoms with van der Waals surface area (Å²) >= 11 is 6.75. The van der Waals surface area contributed by atoms with Crippen molar-refractivity contribution in [1.82, 2.24) is 0 Å². The molecule has 0 aliphatic rings. The smallest absolute Gasteiger partial charge is 0.413 e. The van der Waals surface area contributed by atoms with Crippen LogP contribution in [0.1, 0.15) is 0 Å². The standard InChI is InChI=1S/C18H13Br2O3P/c19-14-6-10-17(11-7-14)23-24(21,18-12-8-15(20)9-13-18)22-16-4-2-1-3-5-16/h1-13H. The van der Waals surface area contributed by atoms with Crippen molar-refractivity contribution in [2.24, 2.45) is 0 Å². The highest BCUT2D eigenvalue weighted by molar-refractivity contribution is 9.10. The van der Waals surface area contributed by atoms with E-state index in [1.807, 2.05) is 30.3 Å². The molecule has 0 amide bonds. The molecule has 0 fully saturated rings. The van der Waals surface area contributed by atoms with Gasteiger partial charge in [-0.25, -0.2) is 4.57 Å². The normalized spacial score (nSPS) is 13.1. The Morgan fingerprint density at radius 1 is 0.625 bits per heavy atom. The zero-order valence-electron chi connectivity index (χ0n) is 12.4. The topological polar surface area (TPSA) is 35.5 Å². The Bertz CT molecular complexity index is 850. The molecule has 6 heteroatoms. The molecular weight excluding hydrogens is 455 g/mol. The summed E-state index contributed by atoms with van der Waals surface area (Å²) in [6.07, 6.45) is 0. The third-order valence-electron chi connectivity index (χ3n) is 3.15. The monoisotopic (exact) mass is 466 g/mol. The highest BCUT2D eigenvalue weighted by atomic mass is 79.9. The summed E-state index contributed by atoms with van der Waals surface area (Å²) in [5, 5.41) is 0.484. The van der Waals surface area contributed by atoms with Crippen molar-refractivity contribution < 1.29 is 13.6 Å². The molecule has 0 saturated heterocycles. The predicted molar refractivity (Wildman–Crippen MR) is 103 cm³/mol. The van der Waals surface area contributed by atoms with Crippen LogP contribution in [0.2, 0.25) is 0 Å². The molecule has 0 heterocycles. The van der Waals surface area contributed by atoms with E-state index in [1.54, 1.807) is 48.5 Å². The second kappa shape index (κ2) is 7.56. The summed E-state index contributed by atoms with van der Waals surface area (Å²) < 4.78 is 26.8. The molecule has 0 spiro atoms. The van der Waals surface area contributed by atoms with Crippen molar-refractivity contribution in [3.63, 3.8) is 0 Å². The summed E-state index contributed by atoms with van der Waals surface area (Å²) in [6.45, 7) is 0. The maximum atomic E-state index is 13.5. The first-order valence-electron chi connectivity index (χ1n) is 7.11. The highest BCUT2D eigenvalue weighted by Gasteiger charge is 2.31. The van der Waals surface area contributed by atoms with Crippen molar-refractivity contribution in [3.8, 4) is 11.5 Å². The van der Waals surface area contributed by atoms with Crippen LogP contribution in [0.25, 0.3) is 0 Å². The molecule has 0 aliphatic carbocycles. The van der Waals surface area contributed by atoms with Gasteiger partial charge in [-0.3, -0.25) is 0 Å². The van der Waals surface area contributed by atoms with E-state index in [0.29, 0.717) is 16.8 Å². The Kier molecular flexibility index (Phi) is 5.44. The van der Waals surface area contributed by atoms with E-state index < -0.39 is 7.60 Å². The summed E-state index contributed by atoms with van der Waals surface area (Å²) in [5.74, 6) is 0.959. The molecular formula is C18H13Br2O3P. The van der Waals surface area contributed by atoms with Gasteiger partial charge in [0.15, 0.2) is 0 Å². The Morgan fingerprint density at radius 3 is 1.62 bits per heavy atom. The minimum absolute atomic E-state index is 0.473. The van der Waals surface area contributed by atoms with Gasteiger partial charge in [0.05, 0.1) is 5.30 Å². The van der Waals surface area contributed by atoms with Gasteiger partial charge in [-0.05, 0) is 60.7 Å². The summed E-state index contributed by atoms with van der Waals surface area (Å²) in [5.41, 5.74) is 0. The molecule has 3 nitrogen and oxygen atoms in total. The van der Waals surface area contributed by atoms with Crippen molar-refractivity contribution >= 4 is 44.8 Å². The Labute approximate surface area is 157 Å². The van der Waals surface area contributed by atoms with Gasteiger partial charge < -0.3 is 9.05 Å². The number of hydrogen-bond acceptors (Lipinski definition) is 3. The molecule has 1 atom stereocenters. The Hall–Kier alpha value is -1.55. The van der Waals surface area contributed by atoms with Crippen molar-refractivity contribution in [3.05, 3.63) is 87.8 Å². The quantitative estimate of drug-likeness (QED) is 0.420. The molecule has 24 heavy (non-hydrogen) atoms. The zero-order chi connectivity index (χ0) is 17.0. The molecule has 0 aliphatic heterocycles. The maximum Gasteiger partial charge on any atom is 0.462 e. The van der Waals surface area contributed by atoms with E-state index >= 15 is 0 Å². The minimum Gasteiger partial charge on any atom is -0.413 e. The van der Waals surface area contributed by atoms with Crippen molar-refractivity contribution in [1.29, 1.82) is 0 Å². The summed E-state index contributed by atoms with van der Waals surface area (Å²) in [6, 6.07) is 23.2. The van der Waals surface area contributed by atoms with Gasteiger partial charge in [-0.1, -0.05) is 50.1 Å². The van der Waals surface area contributed by atoms with Gasteiger partial charge in [0, 0.05) is 8.95 Å².